The van der Waals surface area contributed by atoms with Gasteiger partial charge in [-0.1, -0.05) is 154 Å². The topological polar surface area (TPSA) is 76.0 Å². The van der Waals surface area contributed by atoms with Gasteiger partial charge in [0, 0.05) is 85.0 Å². The molecule has 70 heavy (non-hydrogen) atoms. The van der Waals surface area contributed by atoms with Crippen LogP contribution in [0.2, 0.25) is 0 Å². The number of carbonyl (C=O) groups excluding carboxylic acids is 1. The van der Waals surface area contributed by atoms with Crippen molar-refractivity contribution in [1.82, 2.24) is 15.0 Å². The van der Waals surface area contributed by atoms with Gasteiger partial charge in [-0.25, -0.2) is 0 Å². The van der Waals surface area contributed by atoms with E-state index in [1.165, 1.54) is 70.0 Å². The molecule has 0 saturated carbocycles. The quantitative estimate of drug-likeness (QED) is 0.0978. The average molecular weight is 1450 g/mol. The maximum Gasteiger partial charge on any atom is 0.155 e. The van der Waals surface area contributed by atoms with E-state index in [2.05, 4.69) is 166 Å². The van der Waals surface area contributed by atoms with E-state index in [-0.39, 0.29) is 71.9 Å². The van der Waals surface area contributed by atoms with Crippen molar-refractivity contribution in [3.05, 3.63) is 246 Å². The van der Waals surface area contributed by atoms with E-state index in [1.54, 1.807) is 0 Å². The molecule has 9 aromatic rings. The number of ketones is 1. The van der Waals surface area contributed by atoms with Gasteiger partial charge in [0.2, 0.25) is 0 Å². The molecule has 0 spiro atoms. The molecule has 0 amide bonds. The Kier molecular flexibility index (Phi) is 24.3. The summed E-state index contributed by atoms with van der Waals surface area (Å²) in [5, 5.41) is 8.36. The second-order valence-corrected chi connectivity index (χ2v) is 16.5. The van der Waals surface area contributed by atoms with Crippen molar-refractivity contribution in [3.63, 3.8) is 0 Å². The number of benzene rings is 6. The molecule has 1 N–H and O–H groups in total. The third-order valence-corrected chi connectivity index (χ3v) is 10.5. The Hall–Kier alpha value is -6.07. The molecule has 3 radical (unpaired) electrons. The monoisotopic (exact) mass is 1450 g/mol. The standard InChI is InChI=1S/3C19H16N.C5H8O2.3Ir/c2*1-14-8-10-18(15(2)12-14)19-11-9-17(13-20-19)16-6-4-3-5-7-16;1-14-10-15(2)12-18(11-14)17-8-9-19(20-13-17)16-6-4-3-5-7-16;1-4(6)3-5(2)7;;;/h2*3-9,11-13H,1-2H3;3-6,8-13H,1-2H3;3,6H,1-2H3;;;/q3*-1;;;;. The second-order valence-electron chi connectivity index (χ2n) is 16.5. The van der Waals surface area contributed by atoms with Crippen molar-refractivity contribution in [3.8, 4) is 67.2 Å². The van der Waals surface area contributed by atoms with Crippen molar-refractivity contribution >= 4 is 5.78 Å². The molecule has 0 bridgehead atoms. The smallest absolute Gasteiger partial charge is 0.155 e. The second kappa shape index (κ2) is 29.2. The Morgan fingerprint density at radius 1 is 0.443 bits per heavy atom. The van der Waals surface area contributed by atoms with Crippen LogP contribution in [-0.2, 0) is 65.1 Å². The first kappa shape index (κ1) is 58.2. The predicted molar refractivity (Wildman–Crippen MR) is 277 cm³/mol. The Balaban J connectivity index is 0.000000255. The zero-order chi connectivity index (χ0) is 47.7. The maximum absolute atomic E-state index is 10.0. The molecule has 3 aromatic heterocycles. The van der Waals surface area contributed by atoms with Crippen LogP contribution < -0.4 is 0 Å². The van der Waals surface area contributed by atoms with E-state index in [0.717, 1.165) is 50.5 Å². The summed E-state index contributed by atoms with van der Waals surface area (Å²) in [5.41, 5.74) is 20.6. The number of hydrogen-bond acceptors (Lipinski definition) is 5. The third-order valence-electron chi connectivity index (χ3n) is 10.5. The number of aryl methyl sites for hydroxylation is 6. The van der Waals surface area contributed by atoms with E-state index in [9.17, 15) is 4.79 Å². The van der Waals surface area contributed by atoms with Crippen molar-refractivity contribution in [2.24, 2.45) is 0 Å². The van der Waals surface area contributed by atoms with E-state index >= 15 is 0 Å². The number of pyridine rings is 3. The minimum atomic E-state index is -0.125. The number of aliphatic hydroxyl groups excluding tert-OH is 1. The van der Waals surface area contributed by atoms with Gasteiger partial charge in [0.1, 0.15) is 0 Å². The van der Waals surface area contributed by atoms with Crippen LogP contribution in [0.25, 0.3) is 67.2 Å². The zero-order valence-corrected chi connectivity index (χ0v) is 47.8. The number of hydrogen-bond donors (Lipinski definition) is 1. The summed E-state index contributed by atoms with van der Waals surface area (Å²) in [7, 11) is 0. The van der Waals surface area contributed by atoms with Gasteiger partial charge in [-0.3, -0.25) is 4.79 Å². The van der Waals surface area contributed by atoms with E-state index in [4.69, 9.17) is 5.11 Å². The number of carbonyl (C=O) groups is 1. The normalized spacial score (nSPS) is 10.1. The van der Waals surface area contributed by atoms with Gasteiger partial charge in [-0.05, 0) is 78.2 Å². The average Bonchev–Trinajstić information content (AvgIpc) is 3.33. The Labute approximate surface area is 455 Å². The number of aromatic nitrogens is 3. The van der Waals surface area contributed by atoms with E-state index in [0.29, 0.717) is 0 Å². The molecule has 0 atom stereocenters. The molecule has 8 heteroatoms. The molecule has 0 aliphatic rings. The van der Waals surface area contributed by atoms with Crippen LogP contribution in [-0.4, -0.2) is 25.8 Å². The third kappa shape index (κ3) is 17.7. The Bertz CT molecular complexity index is 2880. The van der Waals surface area contributed by atoms with Crippen LogP contribution in [0.4, 0.5) is 0 Å². The van der Waals surface area contributed by atoms with Crippen molar-refractivity contribution in [2.75, 3.05) is 0 Å². The van der Waals surface area contributed by atoms with Crippen molar-refractivity contribution < 1.29 is 70.2 Å². The van der Waals surface area contributed by atoms with Gasteiger partial charge in [-0.2, -0.15) is 0 Å². The van der Waals surface area contributed by atoms with Gasteiger partial charge in [0.25, 0.3) is 0 Å². The van der Waals surface area contributed by atoms with Crippen LogP contribution in [0.5, 0.6) is 0 Å². The first-order valence-electron chi connectivity index (χ1n) is 22.2. The number of aliphatic hydroxyl groups is 1. The molecular formula is C62H56Ir3N3O2-3. The molecule has 0 aliphatic heterocycles. The Morgan fingerprint density at radius 3 is 1.20 bits per heavy atom. The molecule has 0 unspecified atom stereocenters. The largest absolute Gasteiger partial charge is 0.512 e. The van der Waals surface area contributed by atoms with Crippen LogP contribution in [0.3, 0.4) is 0 Å². The first-order valence-corrected chi connectivity index (χ1v) is 22.2. The fourth-order valence-electron chi connectivity index (χ4n) is 7.46. The van der Waals surface area contributed by atoms with Gasteiger partial charge in [-0.15, -0.1) is 106 Å². The van der Waals surface area contributed by atoms with E-state index < -0.39 is 0 Å². The molecule has 0 fully saturated rings. The summed E-state index contributed by atoms with van der Waals surface area (Å²) in [6.45, 7) is 15.5. The zero-order valence-electron chi connectivity index (χ0n) is 40.6. The summed E-state index contributed by atoms with van der Waals surface area (Å²) in [4.78, 5) is 23.7. The first-order chi connectivity index (χ1) is 32.3. The van der Waals surface area contributed by atoms with Crippen LogP contribution in [0.1, 0.15) is 47.2 Å². The number of nitrogens with zero attached hydrogens (tertiary/aromatic N) is 3. The number of allylic oxidation sites excluding steroid dienone is 2. The minimum Gasteiger partial charge on any atom is -0.512 e. The van der Waals surface area contributed by atoms with Gasteiger partial charge >= 0.3 is 0 Å². The van der Waals surface area contributed by atoms with E-state index in [1.807, 2.05) is 91.4 Å². The minimum absolute atomic E-state index is 0. The molecule has 361 valence electrons. The van der Waals surface area contributed by atoms with Gasteiger partial charge < -0.3 is 20.1 Å². The molecule has 5 nitrogen and oxygen atoms in total. The molecule has 3 heterocycles. The number of rotatable bonds is 7. The SMILES string of the molecule is CC(=O)C=C(C)O.Cc1c[c-]c(-c2ccc(-c3ccccc3)cn2)c(C)c1.Cc1c[c-]c(-c2ccc(-c3ccccc3)cn2)c(C)c1.Cc1cc(C)cc(-c2ccc(-c3[c-]cccc3)nc2)c1.[Ir].[Ir].[Ir]. The molecule has 9 rings (SSSR count). The summed E-state index contributed by atoms with van der Waals surface area (Å²) in [5.74, 6) is -0.0625. The molecule has 0 saturated heterocycles. The fraction of sp³-hybridized carbons (Fsp3) is 0.129. The molecule has 0 aliphatic carbocycles. The van der Waals surface area contributed by atoms with Crippen LogP contribution >= 0.6 is 0 Å². The molecular weight excluding hydrogens is 1400 g/mol. The summed E-state index contributed by atoms with van der Waals surface area (Å²) in [6, 6.07) is 65.8. The Morgan fingerprint density at radius 2 is 0.857 bits per heavy atom. The van der Waals surface area contributed by atoms with Gasteiger partial charge in [0.05, 0.1) is 5.76 Å². The van der Waals surface area contributed by atoms with Crippen molar-refractivity contribution in [2.45, 2.75) is 55.4 Å². The maximum atomic E-state index is 10.0. The van der Waals surface area contributed by atoms with Crippen LogP contribution in [0.15, 0.2) is 194 Å². The summed E-state index contributed by atoms with van der Waals surface area (Å²) in [6.07, 6.45) is 6.96. The fourth-order valence-corrected chi connectivity index (χ4v) is 7.46. The summed E-state index contributed by atoms with van der Waals surface area (Å²) >= 11 is 0. The van der Waals surface area contributed by atoms with Gasteiger partial charge in [0.15, 0.2) is 5.78 Å². The summed E-state index contributed by atoms with van der Waals surface area (Å²) < 4.78 is 0. The van der Waals surface area contributed by atoms with Crippen molar-refractivity contribution in [1.29, 1.82) is 0 Å². The predicted octanol–water partition coefficient (Wildman–Crippen LogP) is 15.5. The van der Waals surface area contributed by atoms with Crippen LogP contribution in [0, 0.1) is 59.7 Å². The molecule has 6 aromatic carbocycles.